The van der Waals surface area contributed by atoms with Crippen molar-refractivity contribution in [3.05, 3.63) is 35.4 Å². The second-order valence-corrected chi connectivity index (χ2v) is 5.72. The zero-order valence-electron chi connectivity index (χ0n) is 9.50. The minimum absolute atomic E-state index is 0.188. The number of nitrogens with two attached hydrogens (primary N) is 1. The van der Waals surface area contributed by atoms with Gasteiger partial charge < -0.3 is 5.73 Å². The van der Waals surface area contributed by atoms with Crippen molar-refractivity contribution in [1.29, 1.82) is 0 Å². The van der Waals surface area contributed by atoms with Gasteiger partial charge in [-0.1, -0.05) is 32.0 Å². The van der Waals surface area contributed by atoms with Crippen LogP contribution in [-0.2, 0) is 0 Å². The lowest BCUT2D eigenvalue weighted by Gasteiger charge is -2.24. The Morgan fingerprint density at radius 3 is 2.67 bits per heavy atom. The van der Waals surface area contributed by atoms with Gasteiger partial charge in [-0.2, -0.15) is 0 Å². The van der Waals surface area contributed by atoms with Gasteiger partial charge in [0.15, 0.2) is 0 Å². The fraction of sp³-hybridized carbons (Fsp3) is 0.385. The summed E-state index contributed by atoms with van der Waals surface area (Å²) in [4.78, 5) is 1.31. The third-order valence-electron chi connectivity index (χ3n) is 3.18. The molecule has 1 aromatic carbocycles. The number of fused-ring (bicyclic) bond motifs is 1. The molecule has 1 nitrogen and oxygen atoms in total. The van der Waals surface area contributed by atoms with Crippen molar-refractivity contribution in [3.8, 4) is 0 Å². The van der Waals surface area contributed by atoms with Crippen LogP contribution in [0.5, 0.6) is 0 Å². The van der Waals surface area contributed by atoms with E-state index in [1.165, 1.54) is 16.0 Å². The Labute approximate surface area is 95.8 Å². The molecule has 0 aromatic heterocycles. The van der Waals surface area contributed by atoms with Gasteiger partial charge in [-0.05, 0) is 24.0 Å². The highest BCUT2D eigenvalue weighted by Gasteiger charge is 2.27. The molecule has 0 radical (unpaired) electrons. The molecule has 0 saturated heterocycles. The van der Waals surface area contributed by atoms with Gasteiger partial charge in [0.1, 0.15) is 0 Å². The fourth-order valence-corrected chi connectivity index (χ4v) is 2.99. The van der Waals surface area contributed by atoms with Crippen molar-refractivity contribution in [1.82, 2.24) is 0 Å². The summed E-state index contributed by atoms with van der Waals surface area (Å²) in [5, 5.41) is 0. The Balaban J connectivity index is 2.60. The molecule has 1 heterocycles. The molecule has 0 bridgehead atoms. The SMILES string of the molecule is CC1=C(N)c2ccccc2SCC1(C)C. The molecule has 0 fully saturated rings. The summed E-state index contributed by atoms with van der Waals surface area (Å²) in [6.07, 6.45) is 0. The van der Waals surface area contributed by atoms with Crippen molar-refractivity contribution >= 4 is 17.5 Å². The lowest BCUT2D eigenvalue weighted by Crippen LogP contribution is -2.18. The maximum Gasteiger partial charge on any atom is 0.0393 e. The standard InChI is InChI=1S/C13H17NS/c1-9-12(14)10-6-4-5-7-11(10)15-8-13(9,2)3/h4-7H,8,14H2,1-3H3. The van der Waals surface area contributed by atoms with Gasteiger partial charge in [0, 0.05) is 21.9 Å². The van der Waals surface area contributed by atoms with Gasteiger partial charge in [-0.25, -0.2) is 0 Å². The van der Waals surface area contributed by atoms with E-state index in [-0.39, 0.29) is 5.41 Å². The predicted octanol–water partition coefficient (Wildman–Crippen LogP) is 3.51. The second-order valence-electron chi connectivity index (χ2n) is 4.71. The molecule has 0 aliphatic carbocycles. The Kier molecular flexibility index (Phi) is 2.55. The molecular formula is C13H17NS. The van der Waals surface area contributed by atoms with E-state index < -0.39 is 0 Å². The number of rotatable bonds is 0. The van der Waals surface area contributed by atoms with Gasteiger partial charge in [0.25, 0.3) is 0 Å². The molecule has 80 valence electrons. The molecule has 0 spiro atoms. The van der Waals surface area contributed by atoms with Crippen LogP contribution in [0, 0.1) is 5.41 Å². The quantitative estimate of drug-likeness (QED) is 0.722. The largest absolute Gasteiger partial charge is 0.398 e. The minimum Gasteiger partial charge on any atom is -0.398 e. The predicted molar refractivity (Wildman–Crippen MR) is 67.7 cm³/mol. The summed E-state index contributed by atoms with van der Waals surface area (Å²) in [7, 11) is 0. The van der Waals surface area contributed by atoms with Gasteiger partial charge in [-0.15, -0.1) is 11.8 Å². The van der Waals surface area contributed by atoms with E-state index in [0.29, 0.717) is 0 Å². The average molecular weight is 219 g/mol. The molecule has 2 N–H and O–H groups in total. The third kappa shape index (κ3) is 1.78. The molecule has 0 amide bonds. The topological polar surface area (TPSA) is 26.0 Å². The first-order valence-corrected chi connectivity index (χ1v) is 6.20. The number of benzene rings is 1. The van der Waals surface area contributed by atoms with Crippen LogP contribution >= 0.6 is 11.8 Å². The van der Waals surface area contributed by atoms with Crippen molar-refractivity contribution in [2.75, 3.05) is 5.75 Å². The smallest absolute Gasteiger partial charge is 0.0393 e. The summed E-state index contributed by atoms with van der Waals surface area (Å²) in [5.41, 5.74) is 9.88. The average Bonchev–Trinajstić information content (AvgIpc) is 2.31. The van der Waals surface area contributed by atoms with Crippen molar-refractivity contribution in [2.24, 2.45) is 11.1 Å². The lowest BCUT2D eigenvalue weighted by atomic mass is 9.85. The first kappa shape index (κ1) is 10.6. The van der Waals surface area contributed by atoms with E-state index >= 15 is 0 Å². The summed E-state index contributed by atoms with van der Waals surface area (Å²) in [6.45, 7) is 6.67. The molecule has 2 heteroatoms. The molecule has 2 rings (SSSR count). The van der Waals surface area contributed by atoms with Crippen molar-refractivity contribution in [3.63, 3.8) is 0 Å². The Bertz CT molecular complexity index is 418. The van der Waals surface area contributed by atoms with Crippen LogP contribution in [-0.4, -0.2) is 5.75 Å². The number of hydrogen-bond acceptors (Lipinski definition) is 2. The van der Waals surface area contributed by atoms with Crippen LogP contribution in [0.4, 0.5) is 0 Å². The monoisotopic (exact) mass is 219 g/mol. The normalized spacial score (nSPS) is 19.7. The molecular weight excluding hydrogens is 202 g/mol. The van der Waals surface area contributed by atoms with E-state index in [9.17, 15) is 0 Å². The van der Waals surface area contributed by atoms with Crippen LogP contribution in [0.1, 0.15) is 26.3 Å². The highest BCUT2D eigenvalue weighted by Crippen LogP contribution is 2.41. The van der Waals surface area contributed by atoms with Gasteiger partial charge in [0.2, 0.25) is 0 Å². The van der Waals surface area contributed by atoms with Crippen molar-refractivity contribution in [2.45, 2.75) is 25.7 Å². The van der Waals surface area contributed by atoms with Gasteiger partial charge in [-0.3, -0.25) is 0 Å². The first-order chi connectivity index (χ1) is 7.02. The van der Waals surface area contributed by atoms with Crippen LogP contribution in [0.3, 0.4) is 0 Å². The van der Waals surface area contributed by atoms with E-state index in [0.717, 1.165) is 11.4 Å². The molecule has 0 unspecified atom stereocenters. The van der Waals surface area contributed by atoms with E-state index in [1.807, 2.05) is 11.8 Å². The van der Waals surface area contributed by atoms with E-state index in [1.54, 1.807) is 0 Å². The van der Waals surface area contributed by atoms with Crippen LogP contribution in [0.15, 0.2) is 34.7 Å². The van der Waals surface area contributed by atoms with Crippen LogP contribution in [0.2, 0.25) is 0 Å². The van der Waals surface area contributed by atoms with E-state index in [2.05, 4.69) is 45.0 Å². The zero-order chi connectivity index (χ0) is 11.1. The maximum absolute atomic E-state index is 6.23. The molecule has 1 aliphatic heterocycles. The van der Waals surface area contributed by atoms with E-state index in [4.69, 9.17) is 5.73 Å². The van der Waals surface area contributed by atoms with Crippen LogP contribution < -0.4 is 5.73 Å². The molecule has 1 aliphatic rings. The molecule has 15 heavy (non-hydrogen) atoms. The van der Waals surface area contributed by atoms with Crippen molar-refractivity contribution < 1.29 is 0 Å². The zero-order valence-corrected chi connectivity index (χ0v) is 10.3. The van der Waals surface area contributed by atoms with Gasteiger partial charge >= 0.3 is 0 Å². The molecule has 0 saturated carbocycles. The molecule has 1 aromatic rings. The minimum atomic E-state index is 0.188. The fourth-order valence-electron chi connectivity index (χ4n) is 1.75. The second kappa shape index (κ2) is 3.60. The summed E-state index contributed by atoms with van der Waals surface area (Å²) >= 11 is 1.90. The number of hydrogen-bond donors (Lipinski definition) is 1. The molecule has 0 atom stereocenters. The van der Waals surface area contributed by atoms with Crippen LogP contribution in [0.25, 0.3) is 5.70 Å². The Morgan fingerprint density at radius 1 is 1.27 bits per heavy atom. The van der Waals surface area contributed by atoms with Gasteiger partial charge in [0.05, 0.1) is 0 Å². The lowest BCUT2D eigenvalue weighted by molar-refractivity contribution is 0.518. The summed E-state index contributed by atoms with van der Waals surface area (Å²) in [5.74, 6) is 1.09. The number of thioether (sulfide) groups is 1. The Morgan fingerprint density at radius 2 is 1.93 bits per heavy atom. The summed E-state index contributed by atoms with van der Waals surface area (Å²) in [6, 6.07) is 8.40. The maximum atomic E-state index is 6.23. The highest BCUT2D eigenvalue weighted by molar-refractivity contribution is 7.99. The third-order valence-corrected chi connectivity index (χ3v) is 4.72. The summed E-state index contributed by atoms with van der Waals surface area (Å²) < 4.78 is 0. The number of allylic oxidation sites excluding steroid dienone is 1. The Hall–Kier alpha value is -0.890. The highest BCUT2D eigenvalue weighted by atomic mass is 32.2. The first-order valence-electron chi connectivity index (χ1n) is 5.21.